The molecule has 0 heterocycles. The first-order valence-electron chi connectivity index (χ1n) is 12.0. The predicted molar refractivity (Wildman–Crippen MR) is 124 cm³/mol. The van der Waals surface area contributed by atoms with Crippen molar-refractivity contribution in [2.75, 3.05) is 12.5 Å². The average molecular weight is 449 g/mol. The van der Waals surface area contributed by atoms with Gasteiger partial charge in [0.25, 0.3) is 0 Å². The van der Waals surface area contributed by atoms with Crippen LogP contribution in [0.5, 0.6) is 5.75 Å². The third-order valence-corrected chi connectivity index (χ3v) is 6.51. The summed E-state index contributed by atoms with van der Waals surface area (Å²) in [6, 6.07) is 7.31. The molecule has 1 atom stereocenters. The van der Waals surface area contributed by atoms with Crippen LogP contribution in [0.1, 0.15) is 89.2 Å². The lowest BCUT2D eigenvalue weighted by Gasteiger charge is -2.33. The smallest absolute Gasteiger partial charge is 0.247 e. The number of halogens is 1. The molecule has 1 unspecified atom stereocenters. The molecule has 2 aliphatic carbocycles. The maximum absolute atomic E-state index is 13.4. The van der Waals surface area contributed by atoms with E-state index in [9.17, 15) is 9.59 Å². The molecular formula is C25H37ClN2O3. The molecule has 2 fully saturated rings. The number of alkyl halides is 1. The normalized spacial score (nSPS) is 17.7. The molecule has 0 saturated heterocycles. The fourth-order valence-electron chi connectivity index (χ4n) is 4.41. The summed E-state index contributed by atoms with van der Waals surface area (Å²) in [6.45, 7) is 2.89. The van der Waals surface area contributed by atoms with Gasteiger partial charge in [-0.1, -0.05) is 57.6 Å². The summed E-state index contributed by atoms with van der Waals surface area (Å²) >= 11 is 5.92. The van der Waals surface area contributed by atoms with Gasteiger partial charge in [-0.25, -0.2) is 0 Å². The van der Waals surface area contributed by atoms with Gasteiger partial charge in [0.2, 0.25) is 11.8 Å². The second kappa shape index (κ2) is 12.3. The van der Waals surface area contributed by atoms with Gasteiger partial charge in [0.05, 0.1) is 6.61 Å². The lowest BCUT2D eigenvalue weighted by molar-refractivity contribution is -0.140. The van der Waals surface area contributed by atoms with E-state index in [2.05, 4.69) is 12.2 Å². The number of nitrogens with zero attached hydrogens (tertiary/aromatic N) is 1. The number of carbonyl (C=O) groups excluding carboxylic acids is 2. The number of hydrogen-bond donors (Lipinski definition) is 1. The summed E-state index contributed by atoms with van der Waals surface area (Å²) in [5.41, 5.74) is 0.817. The zero-order valence-electron chi connectivity index (χ0n) is 18.8. The van der Waals surface area contributed by atoms with Crippen LogP contribution >= 0.6 is 11.6 Å². The Morgan fingerprint density at radius 2 is 1.77 bits per heavy atom. The second-order valence-corrected chi connectivity index (χ2v) is 9.16. The standard InChI is InChI=1S/C25H37ClN2O3/c1-2-3-4-8-17-31-22-15-11-19(12-16-22)24(28(21-13-14-21)23(29)18-26)25(30)27-20-9-6-5-7-10-20/h11-12,15-16,20-21,24H,2-10,13-14,17-18H2,1H3,(H,27,30). The van der Waals surface area contributed by atoms with Crippen molar-refractivity contribution in [3.63, 3.8) is 0 Å². The molecule has 172 valence electrons. The van der Waals surface area contributed by atoms with Crippen molar-refractivity contribution in [3.8, 4) is 5.75 Å². The van der Waals surface area contributed by atoms with E-state index in [1.54, 1.807) is 4.90 Å². The molecule has 2 saturated carbocycles. The van der Waals surface area contributed by atoms with Crippen LogP contribution in [0.3, 0.4) is 0 Å². The van der Waals surface area contributed by atoms with Gasteiger partial charge in [0, 0.05) is 12.1 Å². The minimum absolute atomic E-state index is 0.0921. The topological polar surface area (TPSA) is 58.6 Å². The Morgan fingerprint density at radius 3 is 2.39 bits per heavy atom. The van der Waals surface area contributed by atoms with Crippen molar-refractivity contribution in [1.29, 1.82) is 0 Å². The van der Waals surface area contributed by atoms with Gasteiger partial charge >= 0.3 is 0 Å². The molecule has 1 aromatic carbocycles. The monoisotopic (exact) mass is 448 g/mol. The Kier molecular flexibility index (Phi) is 9.51. The first kappa shape index (κ1) is 23.9. The van der Waals surface area contributed by atoms with Crippen LogP contribution in [0, 0.1) is 0 Å². The summed E-state index contributed by atoms with van der Waals surface area (Å²) in [5.74, 6) is 0.422. The number of hydrogen-bond acceptors (Lipinski definition) is 3. The van der Waals surface area contributed by atoms with Crippen LogP contribution in [0.4, 0.5) is 0 Å². The van der Waals surface area contributed by atoms with E-state index in [0.29, 0.717) is 6.61 Å². The summed E-state index contributed by atoms with van der Waals surface area (Å²) in [4.78, 5) is 27.8. The van der Waals surface area contributed by atoms with Crippen LogP contribution in [0.2, 0.25) is 0 Å². The third kappa shape index (κ3) is 7.13. The fraction of sp³-hybridized carbons (Fsp3) is 0.680. The molecule has 1 N–H and O–H groups in total. The Morgan fingerprint density at radius 1 is 1.06 bits per heavy atom. The Bertz CT molecular complexity index is 699. The molecule has 2 amide bonds. The van der Waals surface area contributed by atoms with Crippen molar-refractivity contribution in [2.45, 2.75) is 95.7 Å². The minimum atomic E-state index is -0.640. The van der Waals surface area contributed by atoms with Crippen molar-refractivity contribution in [1.82, 2.24) is 10.2 Å². The van der Waals surface area contributed by atoms with Crippen molar-refractivity contribution >= 4 is 23.4 Å². The summed E-state index contributed by atoms with van der Waals surface area (Å²) in [6.07, 6.45) is 12.0. The third-order valence-electron chi connectivity index (χ3n) is 6.28. The first-order valence-corrected chi connectivity index (χ1v) is 12.6. The van der Waals surface area contributed by atoms with Gasteiger partial charge in [0.1, 0.15) is 17.7 Å². The predicted octanol–water partition coefficient (Wildman–Crippen LogP) is 5.37. The molecule has 1 aromatic rings. The highest BCUT2D eigenvalue weighted by atomic mass is 35.5. The highest BCUT2D eigenvalue weighted by molar-refractivity contribution is 6.27. The first-order chi connectivity index (χ1) is 15.1. The quantitative estimate of drug-likeness (QED) is 0.345. The molecule has 31 heavy (non-hydrogen) atoms. The molecule has 3 rings (SSSR count). The maximum Gasteiger partial charge on any atom is 0.247 e. The summed E-state index contributed by atoms with van der Waals surface area (Å²) < 4.78 is 5.86. The van der Waals surface area contributed by atoms with Gasteiger partial charge in [-0.05, 0) is 49.8 Å². The Labute approximate surface area is 191 Å². The average Bonchev–Trinajstić information content (AvgIpc) is 3.63. The zero-order valence-corrected chi connectivity index (χ0v) is 19.5. The van der Waals surface area contributed by atoms with E-state index in [0.717, 1.165) is 56.3 Å². The Balaban J connectivity index is 1.72. The van der Waals surface area contributed by atoms with Gasteiger partial charge in [-0.2, -0.15) is 0 Å². The van der Waals surface area contributed by atoms with E-state index in [4.69, 9.17) is 16.3 Å². The molecule has 0 bridgehead atoms. The summed E-state index contributed by atoms with van der Waals surface area (Å²) in [5, 5.41) is 3.22. The van der Waals surface area contributed by atoms with E-state index in [-0.39, 0.29) is 29.8 Å². The van der Waals surface area contributed by atoms with Crippen molar-refractivity contribution in [2.24, 2.45) is 0 Å². The van der Waals surface area contributed by atoms with E-state index < -0.39 is 6.04 Å². The van der Waals surface area contributed by atoms with E-state index >= 15 is 0 Å². The molecule has 0 aliphatic heterocycles. The van der Waals surface area contributed by atoms with Gasteiger partial charge in [-0.3, -0.25) is 9.59 Å². The number of nitrogens with one attached hydrogen (secondary N) is 1. The maximum atomic E-state index is 13.4. The molecule has 2 aliphatic rings. The van der Waals surface area contributed by atoms with Gasteiger partial charge in [0.15, 0.2) is 0 Å². The SMILES string of the molecule is CCCCCCOc1ccc(C(C(=O)NC2CCCCC2)N(C(=O)CCl)C2CC2)cc1. The number of amides is 2. The van der Waals surface area contributed by atoms with Crippen molar-refractivity contribution < 1.29 is 14.3 Å². The second-order valence-electron chi connectivity index (χ2n) is 8.89. The van der Waals surface area contributed by atoms with Crippen LogP contribution in [0.15, 0.2) is 24.3 Å². The van der Waals surface area contributed by atoms with E-state index in [1.807, 2.05) is 24.3 Å². The van der Waals surface area contributed by atoms with Crippen LogP contribution in [0.25, 0.3) is 0 Å². The van der Waals surface area contributed by atoms with Crippen molar-refractivity contribution in [3.05, 3.63) is 29.8 Å². The fourth-order valence-corrected chi connectivity index (χ4v) is 4.55. The van der Waals surface area contributed by atoms with Crippen LogP contribution in [-0.2, 0) is 9.59 Å². The molecule has 6 heteroatoms. The molecule has 0 aromatic heterocycles. The molecule has 5 nitrogen and oxygen atoms in total. The summed E-state index contributed by atoms with van der Waals surface area (Å²) in [7, 11) is 0. The highest BCUT2D eigenvalue weighted by Crippen LogP contribution is 2.36. The lowest BCUT2D eigenvalue weighted by atomic mass is 9.94. The molecular weight excluding hydrogens is 412 g/mol. The molecule has 0 spiro atoms. The van der Waals surface area contributed by atoms with E-state index in [1.165, 1.54) is 25.7 Å². The van der Waals surface area contributed by atoms with Gasteiger partial charge < -0.3 is 15.0 Å². The number of carbonyl (C=O) groups is 2. The number of ether oxygens (including phenoxy) is 1. The Hall–Kier alpha value is -1.75. The largest absolute Gasteiger partial charge is 0.494 e. The highest BCUT2D eigenvalue weighted by Gasteiger charge is 2.41. The minimum Gasteiger partial charge on any atom is -0.494 e. The van der Waals surface area contributed by atoms with Gasteiger partial charge in [-0.15, -0.1) is 11.6 Å². The van der Waals surface area contributed by atoms with Crippen LogP contribution in [-0.4, -0.2) is 41.3 Å². The number of unbranched alkanes of at least 4 members (excludes halogenated alkanes) is 3. The zero-order chi connectivity index (χ0) is 22.1. The van der Waals surface area contributed by atoms with Crippen LogP contribution < -0.4 is 10.1 Å². The molecule has 0 radical (unpaired) electrons. The lowest BCUT2D eigenvalue weighted by Crippen LogP contribution is -2.48. The number of rotatable bonds is 12. The number of benzene rings is 1.